The largest absolute Gasteiger partial charge is 0.384 e. The van der Waals surface area contributed by atoms with Crippen LogP contribution in [0.4, 0.5) is 11.5 Å². The SMILES string of the molecule is Cc1cccc(CN(C)c2ccc(N)nc2)c1. The summed E-state index contributed by atoms with van der Waals surface area (Å²) in [5.74, 6) is 0.553. The molecule has 2 aromatic rings. The second kappa shape index (κ2) is 4.87. The lowest BCUT2D eigenvalue weighted by Gasteiger charge is -2.19. The third-order valence-corrected chi connectivity index (χ3v) is 2.71. The summed E-state index contributed by atoms with van der Waals surface area (Å²) in [5, 5.41) is 0. The summed E-state index contributed by atoms with van der Waals surface area (Å²) in [6.07, 6.45) is 1.80. The predicted octanol–water partition coefficient (Wildman–Crippen LogP) is 2.61. The number of pyridine rings is 1. The minimum absolute atomic E-state index is 0.553. The molecule has 3 nitrogen and oxygen atoms in total. The van der Waals surface area contributed by atoms with Crippen molar-refractivity contribution in [1.82, 2.24) is 4.98 Å². The van der Waals surface area contributed by atoms with Gasteiger partial charge in [-0.3, -0.25) is 0 Å². The van der Waals surface area contributed by atoms with Gasteiger partial charge in [0.25, 0.3) is 0 Å². The highest BCUT2D eigenvalue weighted by molar-refractivity contribution is 5.47. The van der Waals surface area contributed by atoms with Gasteiger partial charge in [0, 0.05) is 13.6 Å². The molecule has 17 heavy (non-hydrogen) atoms. The Morgan fingerprint density at radius 1 is 1.24 bits per heavy atom. The molecule has 1 heterocycles. The van der Waals surface area contributed by atoms with E-state index in [9.17, 15) is 0 Å². The van der Waals surface area contributed by atoms with Crippen LogP contribution in [0.15, 0.2) is 42.6 Å². The zero-order valence-electron chi connectivity index (χ0n) is 10.2. The highest BCUT2D eigenvalue weighted by atomic mass is 15.1. The molecule has 1 aromatic carbocycles. The summed E-state index contributed by atoms with van der Waals surface area (Å²) in [4.78, 5) is 6.25. The van der Waals surface area contributed by atoms with Crippen LogP contribution in [0.1, 0.15) is 11.1 Å². The molecule has 1 aromatic heterocycles. The Kier molecular flexibility index (Phi) is 3.28. The fraction of sp³-hybridized carbons (Fsp3) is 0.214. The summed E-state index contributed by atoms with van der Waals surface area (Å²) in [6, 6.07) is 12.3. The van der Waals surface area contributed by atoms with Crippen molar-refractivity contribution in [3.63, 3.8) is 0 Å². The van der Waals surface area contributed by atoms with Crippen molar-refractivity contribution in [2.24, 2.45) is 0 Å². The standard InChI is InChI=1S/C14H17N3/c1-11-4-3-5-12(8-11)10-17(2)13-6-7-14(15)16-9-13/h3-9H,10H2,1-2H3,(H2,15,16). The molecule has 2 N–H and O–H groups in total. The Morgan fingerprint density at radius 2 is 2.06 bits per heavy atom. The fourth-order valence-electron chi connectivity index (χ4n) is 1.80. The van der Waals surface area contributed by atoms with Gasteiger partial charge in [0.2, 0.25) is 0 Å². The minimum atomic E-state index is 0.553. The van der Waals surface area contributed by atoms with E-state index in [1.165, 1.54) is 11.1 Å². The van der Waals surface area contributed by atoms with Gasteiger partial charge >= 0.3 is 0 Å². The Bertz CT molecular complexity index is 491. The lowest BCUT2D eigenvalue weighted by Crippen LogP contribution is -2.16. The van der Waals surface area contributed by atoms with Gasteiger partial charge < -0.3 is 10.6 Å². The number of aryl methyl sites for hydroxylation is 1. The average molecular weight is 227 g/mol. The van der Waals surface area contributed by atoms with Gasteiger partial charge in [0.1, 0.15) is 5.82 Å². The van der Waals surface area contributed by atoms with E-state index in [1.807, 2.05) is 12.1 Å². The number of benzene rings is 1. The van der Waals surface area contributed by atoms with Crippen LogP contribution >= 0.6 is 0 Å². The molecule has 0 aliphatic rings. The number of nitrogen functional groups attached to an aromatic ring is 1. The third kappa shape index (κ3) is 2.97. The van der Waals surface area contributed by atoms with Crippen LogP contribution in [0.2, 0.25) is 0 Å². The molecular formula is C14H17N3. The van der Waals surface area contributed by atoms with Gasteiger partial charge in [0.05, 0.1) is 11.9 Å². The zero-order valence-corrected chi connectivity index (χ0v) is 10.2. The quantitative estimate of drug-likeness (QED) is 0.876. The second-order valence-electron chi connectivity index (χ2n) is 4.29. The van der Waals surface area contributed by atoms with Crippen molar-refractivity contribution in [2.45, 2.75) is 13.5 Å². The molecule has 0 amide bonds. The molecule has 0 spiro atoms. The van der Waals surface area contributed by atoms with Crippen LogP contribution < -0.4 is 10.6 Å². The maximum atomic E-state index is 5.57. The normalized spacial score (nSPS) is 10.2. The average Bonchev–Trinajstić information content (AvgIpc) is 2.29. The number of nitrogens with two attached hydrogens (primary N) is 1. The maximum Gasteiger partial charge on any atom is 0.123 e. The molecule has 0 atom stereocenters. The van der Waals surface area contributed by atoms with E-state index in [0.29, 0.717) is 5.82 Å². The van der Waals surface area contributed by atoms with E-state index in [4.69, 9.17) is 5.73 Å². The smallest absolute Gasteiger partial charge is 0.123 e. The Labute approximate surface area is 102 Å². The van der Waals surface area contributed by atoms with Crippen molar-refractivity contribution >= 4 is 11.5 Å². The van der Waals surface area contributed by atoms with E-state index in [-0.39, 0.29) is 0 Å². The van der Waals surface area contributed by atoms with Gasteiger partial charge in [0.15, 0.2) is 0 Å². The molecule has 0 aliphatic heterocycles. The Balaban J connectivity index is 2.11. The van der Waals surface area contributed by atoms with Gasteiger partial charge in [-0.2, -0.15) is 0 Å². The Morgan fingerprint density at radius 3 is 2.71 bits per heavy atom. The highest BCUT2D eigenvalue weighted by Crippen LogP contribution is 2.15. The number of aromatic nitrogens is 1. The van der Waals surface area contributed by atoms with E-state index in [0.717, 1.165) is 12.2 Å². The molecule has 2 rings (SSSR count). The topological polar surface area (TPSA) is 42.1 Å². The van der Waals surface area contributed by atoms with E-state index in [1.54, 1.807) is 6.20 Å². The molecule has 0 saturated carbocycles. The minimum Gasteiger partial charge on any atom is -0.384 e. The van der Waals surface area contributed by atoms with Crippen molar-refractivity contribution in [1.29, 1.82) is 0 Å². The molecule has 0 unspecified atom stereocenters. The van der Waals surface area contributed by atoms with Gasteiger partial charge in [-0.1, -0.05) is 29.8 Å². The molecule has 0 saturated heterocycles. The van der Waals surface area contributed by atoms with Crippen LogP contribution in [-0.4, -0.2) is 12.0 Å². The number of rotatable bonds is 3. The first kappa shape index (κ1) is 11.5. The molecule has 88 valence electrons. The highest BCUT2D eigenvalue weighted by Gasteiger charge is 2.02. The summed E-state index contributed by atoms with van der Waals surface area (Å²) >= 11 is 0. The first-order valence-corrected chi connectivity index (χ1v) is 5.63. The van der Waals surface area contributed by atoms with E-state index >= 15 is 0 Å². The van der Waals surface area contributed by atoms with Crippen molar-refractivity contribution in [2.75, 3.05) is 17.7 Å². The Hall–Kier alpha value is -2.03. The summed E-state index contributed by atoms with van der Waals surface area (Å²) in [7, 11) is 2.05. The van der Waals surface area contributed by atoms with E-state index in [2.05, 4.69) is 48.1 Å². The van der Waals surface area contributed by atoms with Crippen molar-refractivity contribution in [3.05, 3.63) is 53.7 Å². The van der Waals surface area contributed by atoms with Gasteiger partial charge in [-0.05, 0) is 24.6 Å². The lowest BCUT2D eigenvalue weighted by molar-refractivity contribution is 0.917. The first-order chi connectivity index (χ1) is 8.15. The number of hydrogen-bond acceptors (Lipinski definition) is 3. The molecule has 3 heteroatoms. The number of hydrogen-bond donors (Lipinski definition) is 1. The summed E-state index contributed by atoms with van der Waals surface area (Å²) in [6.45, 7) is 2.97. The summed E-state index contributed by atoms with van der Waals surface area (Å²) < 4.78 is 0. The second-order valence-corrected chi connectivity index (χ2v) is 4.29. The maximum absolute atomic E-state index is 5.57. The van der Waals surface area contributed by atoms with Gasteiger partial charge in [-0.15, -0.1) is 0 Å². The van der Waals surface area contributed by atoms with Crippen LogP contribution in [0, 0.1) is 6.92 Å². The molecule has 0 aliphatic carbocycles. The van der Waals surface area contributed by atoms with E-state index < -0.39 is 0 Å². The van der Waals surface area contributed by atoms with Crippen molar-refractivity contribution < 1.29 is 0 Å². The summed E-state index contributed by atoms with van der Waals surface area (Å²) in [5.41, 5.74) is 9.22. The van der Waals surface area contributed by atoms with Crippen LogP contribution in [-0.2, 0) is 6.54 Å². The number of nitrogens with zero attached hydrogens (tertiary/aromatic N) is 2. The molecule has 0 radical (unpaired) electrons. The third-order valence-electron chi connectivity index (χ3n) is 2.71. The molecule has 0 bridgehead atoms. The van der Waals surface area contributed by atoms with Crippen molar-refractivity contribution in [3.8, 4) is 0 Å². The lowest BCUT2D eigenvalue weighted by atomic mass is 10.1. The van der Waals surface area contributed by atoms with Crippen LogP contribution in [0.25, 0.3) is 0 Å². The van der Waals surface area contributed by atoms with Crippen LogP contribution in [0.5, 0.6) is 0 Å². The van der Waals surface area contributed by atoms with Crippen LogP contribution in [0.3, 0.4) is 0 Å². The molecular weight excluding hydrogens is 210 g/mol. The van der Waals surface area contributed by atoms with Gasteiger partial charge in [-0.25, -0.2) is 4.98 Å². The monoisotopic (exact) mass is 227 g/mol. The fourth-order valence-corrected chi connectivity index (χ4v) is 1.80. The first-order valence-electron chi connectivity index (χ1n) is 5.63. The predicted molar refractivity (Wildman–Crippen MR) is 71.9 cm³/mol. The number of anilines is 2. The zero-order chi connectivity index (χ0) is 12.3. The molecule has 0 fully saturated rings.